The van der Waals surface area contributed by atoms with Gasteiger partial charge < -0.3 is 4.90 Å². The van der Waals surface area contributed by atoms with Crippen LogP contribution in [0, 0.1) is 0 Å². The van der Waals surface area contributed by atoms with Crippen molar-refractivity contribution < 1.29 is 13.2 Å². The number of amides is 1. The summed E-state index contributed by atoms with van der Waals surface area (Å²) in [5.41, 5.74) is 3.27. The highest BCUT2D eigenvalue weighted by molar-refractivity contribution is 7.93. The maximum Gasteiger partial charge on any atom is 0.264 e. The summed E-state index contributed by atoms with van der Waals surface area (Å²) >= 11 is 2.52. The Labute approximate surface area is 194 Å². The van der Waals surface area contributed by atoms with Gasteiger partial charge in [-0.2, -0.15) is 20.1 Å². The van der Waals surface area contributed by atoms with Crippen LogP contribution >= 0.6 is 23.1 Å². The number of carbonyl (C=O) groups excluding carboxylic acids is 1. The molecule has 0 atom stereocenters. The largest absolute Gasteiger partial charge is 0.339 e. The number of aromatic nitrogens is 2. The van der Waals surface area contributed by atoms with Crippen LogP contribution in [0.1, 0.15) is 29.6 Å². The lowest BCUT2D eigenvalue weighted by Gasteiger charge is -2.27. The molecule has 1 saturated heterocycles. The van der Waals surface area contributed by atoms with Crippen LogP contribution in [-0.2, 0) is 10.0 Å². The molecule has 0 aliphatic carbocycles. The highest BCUT2D eigenvalue weighted by atomic mass is 32.2. The highest BCUT2D eigenvalue weighted by Gasteiger charge is 2.25. The first-order valence-corrected chi connectivity index (χ1v) is 13.4. The number of piperidine rings is 1. The van der Waals surface area contributed by atoms with E-state index in [1.54, 1.807) is 40.5 Å². The molecular formula is C22H20N4O3S3. The first kappa shape index (κ1) is 21.0. The van der Waals surface area contributed by atoms with Crippen LogP contribution in [0.2, 0.25) is 0 Å². The third-order valence-electron chi connectivity index (χ3n) is 5.53. The van der Waals surface area contributed by atoms with E-state index in [2.05, 4.69) is 13.5 Å². The lowest BCUT2D eigenvalue weighted by Crippen LogP contribution is -2.36. The second kappa shape index (κ2) is 8.61. The average Bonchev–Trinajstić information content (AvgIpc) is 3.51. The molecule has 164 valence electrons. The quantitative estimate of drug-likeness (QED) is 0.437. The van der Waals surface area contributed by atoms with Crippen LogP contribution in [-0.4, -0.2) is 41.1 Å². The molecule has 4 aromatic rings. The molecule has 1 aliphatic rings. The van der Waals surface area contributed by atoms with Crippen LogP contribution in [0.3, 0.4) is 0 Å². The van der Waals surface area contributed by atoms with Gasteiger partial charge in [-0.25, -0.2) is 8.42 Å². The summed E-state index contributed by atoms with van der Waals surface area (Å²) in [6, 6.07) is 12.1. The number of rotatable bonds is 5. The number of carbonyl (C=O) groups is 1. The fraction of sp³-hybridized carbons (Fsp3) is 0.227. The molecule has 0 bridgehead atoms. The number of benzene rings is 2. The van der Waals surface area contributed by atoms with Crippen molar-refractivity contribution in [2.75, 3.05) is 17.8 Å². The number of sulfonamides is 1. The number of thiophene rings is 1. The Balaban J connectivity index is 1.58. The van der Waals surface area contributed by atoms with Crippen molar-refractivity contribution in [1.29, 1.82) is 0 Å². The van der Waals surface area contributed by atoms with Gasteiger partial charge in [0.25, 0.3) is 15.9 Å². The van der Waals surface area contributed by atoms with Gasteiger partial charge in [-0.05, 0) is 71.5 Å². The lowest BCUT2D eigenvalue weighted by atomic mass is 10.0. The molecule has 0 spiro atoms. The molecule has 32 heavy (non-hydrogen) atoms. The van der Waals surface area contributed by atoms with Crippen LogP contribution in [0.5, 0.6) is 0 Å². The van der Waals surface area contributed by atoms with E-state index in [0.29, 0.717) is 29.7 Å². The van der Waals surface area contributed by atoms with E-state index in [1.165, 1.54) is 6.07 Å². The summed E-state index contributed by atoms with van der Waals surface area (Å²) < 4.78 is 37.7. The number of nitrogens with one attached hydrogen (secondary N) is 1. The zero-order chi connectivity index (χ0) is 22.1. The number of hydrogen-bond donors (Lipinski definition) is 1. The van der Waals surface area contributed by atoms with Crippen LogP contribution in [0.15, 0.2) is 58.1 Å². The maximum atomic E-state index is 13.4. The minimum atomic E-state index is -4.00. The Kier molecular flexibility index (Phi) is 5.66. The Morgan fingerprint density at radius 1 is 1.00 bits per heavy atom. The number of hydrogen-bond acceptors (Lipinski definition) is 7. The minimum absolute atomic E-state index is 0.0426. The number of nitrogens with zero attached hydrogens (tertiary/aromatic N) is 3. The van der Waals surface area contributed by atoms with E-state index < -0.39 is 10.0 Å². The van der Waals surface area contributed by atoms with Crippen molar-refractivity contribution in [2.24, 2.45) is 0 Å². The normalized spacial score (nSPS) is 14.6. The van der Waals surface area contributed by atoms with Crippen molar-refractivity contribution in [2.45, 2.75) is 24.2 Å². The molecule has 0 saturated carbocycles. The number of fused-ring (bicyclic) bond motifs is 1. The van der Waals surface area contributed by atoms with Gasteiger partial charge in [0.1, 0.15) is 15.9 Å². The van der Waals surface area contributed by atoms with Crippen molar-refractivity contribution in [1.82, 2.24) is 13.6 Å². The van der Waals surface area contributed by atoms with Crippen molar-refractivity contribution >= 4 is 55.7 Å². The molecule has 1 N–H and O–H groups in total. The topological polar surface area (TPSA) is 92.3 Å². The van der Waals surface area contributed by atoms with Crippen LogP contribution in [0.25, 0.3) is 22.2 Å². The second-order valence-corrected chi connectivity index (χ2v) is 10.6. The first-order valence-electron chi connectivity index (χ1n) is 10.2. The smallest absolute Gasteiger partial charge is 0.264 e. The van der Waals surface area contributed by atoms with E-state index in [-0.39, 0.29) is 16.5 Å². The lowest BCUT2D eigenvalue weighted by molar-refractivity contribution is 0.0725. The fourth-order valence-corrected chi connectivity index (χ4v) is 6.39. The third kappa shape index (κ3) is 4.01. The Morgan fingerprint density at radius 2 is 1.84 bits per heavy atom. The Morgan fingerprint density at radius 3 is 2.62 bits per heavy atom. The number of likely N-dealkylation sites (tertiary alicyclic amines) is 1. The zero-order valence-corrected chi connectivity index (χ0v) is 19.5. The van der Waals surface area contributed by atoms with Gasteiger partial charge in [0.05, 0.1) is 23.0 Å². The molecule has 5 rings (SSSR count). The summed E-state index contributed by atoms with van der Waals surface area (Å²) in [5.74, 6) is -0.159. The molecule has 3 heterocycles. The van der Waals surface area contributed by atoms with Gasteiger partial charge in [-0.1, -0.05) is 12.1 Å². The number of anilines is 1. The molecule has 1 aliphatic heterocycles. The average molecular weight is 485 g/mol. The van der Waals surface area contributed by atoms with Gasteiger partial charge in [0.15, 0.2) is 0 Å². The summed E-state index contributed by atoms with van der Waals surface area (Å²) in [6.07, 6.45) is 3.02. The summed E-state index contributed by atoms with van der Waals surface area (Å²) in [7, 11) is -4.00. The van der Waals surface area contributed by atoms with E-state index >= 15 is 0 Å². The Bertz CT molecular complexity index is 1370. The molecule has 7 nitrogen and oxygen atoms in total. The summed E-state index contributed by atoms with van der Waals surface area (Å²) in [6.45, 7) is 1.36. The predicted octanol–water partition coefficient (Wildman–Crippen LogP) is 4.85. The monoisotopic (exact) mass is 484 g/mol. The molecule has 2 aromatic heterocycles. The van der Waals surface area contributed by atoms with Crippen molar-refractivity contribution in [3.63, 3.8) is 0 Å². The Hall–Kier alpha value is -2.82. The fourth-order valence-electron chi connectivity index (χ4n) is 3.89. The highest BCUT2D eigenvalue weighted by Crippen LogP contribution is 2.31. The standard InChI is InChI=1S/C22H20N4O3S3/c27-22(26-10-2-1-3-11-26)17-8-7-15(16-9-12-30-14-16)13-19(17)25-32(28,29)20-6-4-5-18-21(20)24-31-23-18/h4-9,12-14,25H,1-3,10-11H2. The van der Waals surface area contributed by atoms with Crippen LogP contribution in [0.4, 0.5) is 5.69 Å². The predicted molar refractivity (Wildman–Crippen MR) is 128 cm³/mol. The molecule has 1 amide bonds. The van der Waals surface area contributed by atoms with Crippen LogP contribution < -0.4 is 4.72 Å². The molecule has 10 heteroatoms. The van der Waals surface area contributed by atoms with E-state index in [0.717, 1.165) is 42.1 Å². The molecule has 2 aromatic carbocycles. The maximum absolute atomic E-state index is 13.4. The van der Waals surface area contributed by atoms with Crippen molar-refractivity contribution in [3.8, 4) is 11.1 Å². The van der Waals surface area contributed by atoms with Gasteiger partial charge in [-0.3, -0.25) is 9.52 Å². The summed E-state index contributed by atoms with van der Waals surface area (Å²) in [4.78, 5) is 15.1. The van der Waals surface area contributed by atoms with Crippen molar-refractivity contribution in [3.05, 3.63) is 58.8 Å². The SMILES string of the molecule is O=C(c1ccc(-c2ccsc2)cc1NS(=O)(=O)c1cccc2nsnc12)N1CCCCC1. The van der Waals surface area contributed by atoms with E-state index in [9.17, 15) is 13.2 Å². The van der Waals surface area contributed by atoms with E-state index in [1.807, 2.05) is 22.9 Å². The van der Waals surface area contributed by atoms with Gasteiger partial charge in [-0.15, -0.1) is 0 Å². The molecule has 0 unspecified atom stereocenters. The first-order chi connectivity index (χ1) is 15.5. The third-order valence-corrected chi connectivity index (χ3v) is 8.15. The molecule has 0 radical (unpaired) electrons. The second-order valence-electron chi connectivity index (χ2n) is 7.62. The summed E-state index contributed by atoms with van der Waals surface area (Å²) in [5, 5.41) is 3.95. The minimum Gasteiger partial charge on any atom is -0.339 e. The molecule has 1 fully saturated rings. The van der Waals surface area contributed by atoms with Gasteiger partial charge in [0.2, 0.25) is 0 Å². The molecular weight excluding hydrogens is 464 g/mol. The van der Waals surface area contributed by atoms with Gasteiger partial charge >= 0.3 is 0 Å². The van der Waals surface area contributed by atoms with E-state index in [4.69, 9.17) is 0 Å². The van der Waals surface area contributed by atoms with Gasteiger partial charge in [0, 0.05) is 13.1 Å². The zero-order valence-electron chi connectivity index (χ0n) is 17.0.